The van der Waals surface area contributed by atoms with Crippen LogP contribution in [0.15, 0.2) is 12.3 Å². The van der Waals surface area contributed by atoms with E-state index in [0.29, 0.717) is 12.2 Å². The lowest BCUT2D eigenvalue weighted by Gasteiger charge is -1.99. The third-order valence-electron chi connectivity index (χ3n) is 1.28. The van der Waals surface area contributed by atoms with Gasteiger partial charge in [-0.3, -0.25) is 0 Å². The number of aliphatic hydroxyl groups excluding tert-OH is 1. The summed E-state index contributed by atoms with van der Waals surface area (Å²) in [5.74, 6) is 0.512. The first-order chi connectivity index (χ1) is 3.70. The minimum absolute atomic E-state index is 0.150. The molecule has 2 nitrogen and oxygen atoms in total. The molecule has 0 saturated carbocycles. The maximum atomic E-state index is 8.94. The quantitative estimate of drug-likeness (QED) is 0.417. The summed E-state index contributed by atoms with van der Waals surface area (Å²) in [6.07, 6.45) is 0.267. The highest BCUT2D eigenvalue weighted by molar-refractivity contribution is 6.11. The molecule has 0 amide bonds. The van der Waals surface area contributed by atoms with Crippen molar-refractivity contribution >= 4 is 7.85 Å². The molecule has 1 fully saturated rings. The van der Waals surface area contributed by atoms with Crippen LogP contribution in [0.1, 0.15) is 6.42 Å². The lowest BCUT2D eigenvalue weighted by atomic mass is 9.97. The highest BCUT2D eigenvalue weighted by Crippen LogP contribution is 2.19. The van der Waals surface area contributed by atoms with Crippen molar-refractivity contribution in [2.24, 2.45) is 0 Å². The van der Waals surface area contributed by atoms with Crippen LogP contribution in [0.4, 0.5) is 0 Å². The van der Waals surface area contributed by atoms with Gasteiger partial charge in [-0.25, -0.2) is 0 Å². The molecule has 8 heavy (non-hydrogen) atoms. The largest absolute Gasteiger partial charge is 0.502 e. The van der Waals surface area contributed by atoms with Crippen LogP contribution in [0.3, 0.4) is 0 Å². The van der Waals surface area contributed by atoms with Gasteiger partial charge in [0.1, 0.15) is 11.9 Å². The van der Waals surface area contributed by atoms with Gasteiger partial charge in [0.05, 0.1) is 6.00 Å². The Balaban J connectivity index is 2.51. The van der Waals surface area contributed by atoms with Crippen molar-refractivity contribution in [1.29, 1.82) is 0 Å². The summed E-state index contributed by atoms with van der Waals surface area (Å²) in [5.41, 5.74) is 0. The molecular weight excluding hydrogens is 103 g/mol. The zero-order chi connectivity index (χ0) is 6.15. The maximum Gasteiger partial charge on any atom is 0.154 e. The van der Waals surface area contributed by atoms with Gasteiger partial charge < -0.3 is 9.84 Å². The normalized spacial score (nSPS) is 37.4. The van der Waals surface area contributed by atoms with Crippen LogP contribution in [-0.4, -0.2) is 25.1 Å². The van der Waals surface area contributed by atoms with Crippen LogP contribution in [0.25, 0.3) is 0 Å². The first-order valence-electron chi connectivity index (χ1n) is 2.73. The molecule has 0 aromatic heterocycles. The van der Waals surface area contributed by atoms with E-state index < -0.39 is 6.10 Å². The molecular formula is C5H9BO2. The van der Waals surface area contributed by atoms with E-state index in [1.165, 1.54) is 0 Å². The van der Waals surface area contributed by atoms with Crippen LogP contribution in [0.2, 0.25) is 0 Å². The molecule has 3 heteroatoms. The predicted molar refractivity (Wildman–Crippen MR) is 33.2 cm³/mol. The van der Waals surface area contributed by atoms with Crippen LogP contribution < -0.4 is 0 Å². The third-order valence-corrected chi connectivity index (χ3v) is 1.28. The Kier molecular flexibility index (Phi) is 1.30. The van der Waals surface area contributed by atoms with Gasteiger partial charge in [0, 0.05) is 6.42 Å². The summed E-state index contributed by atoms with van der Waals surface area (Å²) in [6.45, 7) is 3.51. The first-order valence-corrected chi connectivity index (χ1v) is 2.73. The van der Waals surface area contributed by atoms with Crippen molar-refractivity contribution in [3.05, 3.63) is 12.3 Å². The lowest BCUT2D eigenvalue weighted by molar-refractivity contribution is 0.188. The maximum absolute atomic E-state index is 8.94. The second kappa shape index (κ2) is 1.82. The van der Waals surface area contributed by atoms with E-state index in [1.807, 2.05) is 7.85 Å². The van der Waals surface area contributed by atoms with Gasteiger partial charge in [0.25, 0.3) is 0 Å². The van der Waals surface area contributed by atoms with Crippen LogP contribution >= 0.6 is 0 Å². The van der Waals surface area contributed by atoms with Crippen LogP contribution in [-0.2, 0) is 4.74 Å². The van der Waals surface area contributed by atoms with E-state index in [1.54, 1.807) is 0 Å². The minimum Gasteiger partial charge on any atom is -0.502 e. The molecule has 2 atom stereocenters. The monoisotopic (exact) mass is 112 g/mol. The Morgan fingerprint density at radius 2 is 2.50 bits per heavy atom. The fraction of sp³-hybridized carbons (Fsp3) is 0.600. The molecule has 0 spiro atoms. The Morgan fingerprint density at radius 3 is 2.62 bits per heavy atom. The van der Waals surface area contributed by atoms with Crippen molar-refractivity contribution < 1.29 is 9.84 Å². The van der Waals surface area contributed by atoms with Gasteiger partial charge in [-0.2, -0.15) is 0 Å². The van der Waals surface area contributed by atoms with Crippen molar-refractivity contribution in [2.45, 2.75) is 18.5 Å². The summed E-state index contributed by atoms with van der Waals surface area (Å²) < 4.78 is 5.03. The van der Waals surface area contributed by atoms with Gasteiger partial charge in [-0.1, -0.05) is 6.58 Å². The van der Waals surface area contributed by atoms with Crippen molar-refractivity contribution in [3.63, 3.8) is 0 Å². The number of ether oxygens (including phenoxy) is 1. The average molecular weight is 112 g/mol. The van der Waals surface area contributed by atoms with Crippen LogP contribution in [0, 0.1) is 0 Å². The zero-order valence-corrected chi connectivity index (χ0v) is 4.92. The summed E-state index contributed by atoms with van der Waals surface area (Å²) in [5, 5.41) is 8.94. The Hall–Kier alpha value is -0.435. The lowest BCUT2D eigenvalue weighted by Crippen LogP contribution is -2.04. The molecule has 1 N–H and O–H groups in total. The molecule has 1 aliphatic rings. The predicted octanol–water partition coefficient (Wildman–Crippen LogP) is -0.760. The van der Waals surface area contributed by atoms with E-state index in [2.05, 4.69) is 6.58 Å². The second-order valence-corrected chi connectivity index (χ2v) is 2.15. The molecule has 1 rings (SSSR count). The van der Waals surface area contributed by atoms with Crippen molar-refractivity contribution in [3.8, 4) is 0 Å². The van der Waals surface area contributed by atoms with Gasteiger partial charge in [-0.05, 0) is 0 Å². The summed E-state index contributed by atoms with van der Waals surface area (Å²) in [6, 6.07) is 0.150. The van der Waals surface area contributed by atoms with Gasteiger partial charge in [0.2, 0.25) is 0 Å². The van der Waals surface area contributed by atoms with E-state index in [9.17, 15) is 0 Å². The molecule has 0 unspecified atom stereocenters. The molecule has 0 radical (unpaired) electrons. The van der Waals surface area contributed by atoms with Gasteiger partial charge in [0.15, 0.2) is 7.85 Å². The Morgan fingerprint density at radius 1 is 1.88 bits per heavy atom. The van der Waals surface area contributed by atoms with Crippen molar-refractivity contribution in [1.82, 2.24) is 0 Å². The molecule has 44 valence electrons. The fourth-order valence-corrected chi connectivity index (χ4v) is 0.831. The molecule has 0 aromatic carbocycles. The molecule has 1 saturated heterocycles. The molecule has 1 heterocycles. The van der Waals surface area contributed by atoms with E-state index >= 15 is 0 Å². The highest BCUT2D eigenvalue weighted by Gasteiger charge is 2.23. The topological polar surface area (TPSA) is 29.5 Å². The number of hydrogen-bond donors (Lipinski definition) is 1. The minimum atomic E-state index is -0.426. The van der Waals surface area contributed by atoms with Gasteiger partial charge in [-0.15, -0.1) is 0 Å². The van der Waals surface area contributed by atoms with E-state index in [0.717, 1.165) is 0 Å². The molecule has 0 bridgehead atoms. The number of hydrogen-bond acceptors (Lipinski definition) is 2. The average Bonchev–Trinajstić information content (AvgIpc) is 1.85. The molecule has 0 aromatic rings. The molecule has 1 aliphatic heterocycles. The fourth-order valence-electron chi connectivity index (χ4n) is 0.831. The van der Waals surface area contributed by atoms with E-state index in [-0.39, 0.29) is 6.00 Å². The highest BCUT2D eigenvalue weighted by atomic mass is 16.5. The summed E-state index contributed by atoms with van der Waals surface area (Å²) in [4.78, 5) is 0. The standard InChI is InChI=1S/C5H9BO2/c1-3-4(7)2-5(6)8-3/h4-5,7H,1-2,6H2/t4-,5+/m0/s1. The summed E-state index contributed by atoms with van der Waals surface area (Å²) in [7, 11) is 1.92. The Labute approximate surface area is 49.6 Å². The zero-order valence-electron chi connectivity index (χ0n) is 4.92. The SMILES string of the molecule is B[C@H]1C[C@H](O)C(=C)O1. The Bertz CT molecular complexity index is 113. The smallest absolute Gasteiger partial charge is 0.154 e. The third kappa shape index (κ3) is 0.867. The van der Waals surface area contributed by atoms with Crippen LogP contribution in [0.5, 0.6) is 0 Å². The second-order valence-electron chi connectivity index (χ2n) is 2.15. The first kappa shape index (κ1) is 5.70. The summed E-state index contributed by atoms with van der Waals surface area (Å²) >= 11 is 0. The number of rotatable bonds is 0. The molecule has 0 aliphatic carbocycles. The van der Waals surface area contributed by atoms with E-state index in [4.69, 9.17) is 9.84 Å². The van der Waals surface area contributed by atoms with Crippen molar-refractivity contribution in [2.75, 3.05) is 0 Å². The number of aliphatic hydroxyl groups is 1. The van der Waals surface area contributed by atoms with Gasteiger partial charge >= 0.3 is 0 Å².